The van der Waals surface area contributed by atoms with E-state index in [0.717, 1.165) is 21.9 Å². The first kappa shape index (κ1) is 12.1. The Bertz CT molecular complexity index is 628. The molecule has 0 spiro atoms. The normalized spacial score (nSPS) is 9.50. The number of hydrogen-bond donors (Lipinski definition) is 1. The van der Waals surface area contributed by atoms with E-state index in [1.807, 2.05) is 31.2 Å². The molecule has 0 saturated heterocycles. The zero-order chi connectivity index (χ0) is 13.0. The number of nitrogens with zero attached hydrogens (tertiary/aromatic N) is 3. The molecule has 0 atom stereocenters. The maximum absolute atomic E-state index is 9.02. The zero-order valence-corrected chi connectivity index (χ0v) is 10.6. The molecule has 2 aromatic rings. The summed E-state index contributed by atoms with van der Waals surface area (Å²) in [4.78, 5) is 0. The Morgan fingerprint density at radius 1 is 1.28 bits per heavy atom. The minimum atomic E-state index is 0.406. The summed E-state index contributed by atoms with van der Waals surface area (Å²) >= 11 is 1.27. The molecule has 0 aliphatic carbocycles. The van der Waals surface area contributed by atoms with Crippen molar-refractivity contribution in [1.29, 1.82) is 10.5 Å². The summed E-state index contributed by atoms with van der Waals surface area (Å²) in [6, 6.07) is 11.8. The maximum Gasteiger partial charge on any atom is 0.132 e. The van der Waals surface area contributed by atoms with Crippen LogP contribution in [0.5, 0.6) is 0 Å². The number of anilines is 2. The number of benzene rings is 1. The van der Waals surface area contributed by atoms with Crippen LogP contribution in [-0.2, 0) is 6.42 Å². The molecule has 5 heteroatoms. The highest BCUT2D eigenvalue weighted by atomic mass is 32.1. The Morgan fingerprint density at radius 3 is 2.61 bits per heavy atom. The van der Waals surface area contributed by atoms with Gasteiger partial charge in [0.15, 0.2) is 0 Å². The van der Waals surface area contributed by atoms with Crippen LogP contribution in [0.2, 0.25) is 0 Å². The molecule has 1 aromatic carbocycles. The minimum Gasteiger partial charge on any atom is -0.345 e. The fourth-order valence-electron chi connectivity index (χ4n) is 1.52. The Labute approximate surface area is 109 Å². The van der Waals surface area contributed by atoms with E-state index in [9.17, 15) is 0 Å². The quantitative estimate of drug-likeness (QED) is 0.913. The van der Waals surface area contributed by atoms with Gasteiger partial charge in [-0.2, -0.15) is 14.9 Å². The Hall–Kier alpha value is -2.37. The van der Waals surface area contributed by atoms with Gasteiger partial charge in [-0.3, -0.25) is 0 Å². The summed E-state index contributed by atoms with van der Waals surface area (Å²) in [7, 11) is 0. The summed E-state index contributed by atoms with van der Waals surface area (Å²) in [5.74, 6) is 0. The van der Waals surface area contributed by atoms with Crippen LogP contribution in [0.3, 0.4) is 0 Å². The first-order chi connectivity index (χ1) is 8.74. The van der Waals surface area contributed by atoms with Crippen molar-refractivity contribution >= 4 is 22.2 Å². The molecule has 0 aliphatic rings. The highest BCUT2D eigenvalue weighted by Gasteiger charge is 2.09. The van der Waals surface area contributed by atoms with Gasteiger partial charge in [-0.05, 0) is 36.2 Å². The highest BCUT2D eigenvalue weighted by Crippen LogP contribution is 2.27. The molecule has 1 aromatic heterocycles. The van der Waals surface area contributed by atoms with Gasteiger partial charge < -0.3 is 5.32 Å². The lowest BCUT2D eigenvalue weighted by atomic mass is 10.1. The fraction of sp³-hybridized carbons (Fsp3) is 0.154. The van der Waals surface area contributed by atoms with Crippen molar-refractivity contribution in [2.45, 2.75) is 13.3 Å². The van der Waals surface area contributed by atoms with Gasteiger partial charge in [0.05, 0.1) is 18.2 Å². The molecule has 0 bridgehead atoms. The molecule has 0 unspecified atom stereocenters. The molecule has 1 N–H and O–H groups in total. The van der Waals surface area contributed by atoms with Gasteiger partial charge in [-0.1, -0.05) is 12.1 Å². The molecule has 2 rings (SSSR count). The Kier molecular flexibility index (Phi) is 3.57. The van der Waals surface area contributed by atoms with Crippen LogP contribution >= 0.6 is 11.5 Å². The number of aryl methyl sites for hydroxylation is 1. The van der Waals surface area contributed by atoms with Gasteiger partial charge in [-0.25, -0.2) is 0 Å². The summed E-state index contributed by atoms with van der Waals surface area (Å²) in [5, 5.41) is 21.5. The summed E-state index contributed by atoms with van der Waals surface area (Å²) in [6.45, 7) is 1.82. The fourth-order valence-corrected chi connectivity index (χ4v) is 2.28. The second-order valence-electron chi connectivity index (χ2n) is 3.74. The Balaban J connectivity index is 2.19. The predicted octanol–water partition coefficient (Wildman–Crippen LogP) is 3.13. The molecule has 0 amide bonds. The Morgan fingerprint density at radius 2 is 2.00 bits per heavy atom. The van der Waals surface area contributed by atoms with E-state index in [1.54, 1.807) is 0 Å². The molecule has 1 heterocycles. The van der Waals surface area contributed by atoms with E-state index in [4.69, 9.17) is 10.5 Å². The first-order valence-corrected chi connectivity index (χ1v) is 6.11. The summed E-state index contributed by atoms with van der Waals surface area (Å²) in [6.07, 6.45) is 0.406. The molecule has 88 valence electrons. The second kappa shape index (κ2) is 5.31. The minimum absolute atomic E-state index is 0.406. The van der Waals surface area contributed by atoms with E-state index in [1.165, 1.54) is 11.5 Å². The maximum atomic E-state index is 9.02. The van der Waals surface area contributed by atoms with E-state index < -0.39 is 0 Å². The monoisotopic (exact) mass is 254 g/mol. The lowest BCUT2D eigenvalue weighted by Gasteiger charge is -2.04. The first-order valence-electron chi connectivity index (χ1n) is 5.34. The molecule has 18 heavy (non-hydrogen) atoms. The molecule has 0 radical (unpaired) electrons. The van der Waals surface area contributed by atoms with E-state index >= 15 is 0 Å². The van der Waals surface area contributed by atoms with Gasteiger partial charge in [-0.15, -0.1) is 0 Å². The van der Waals surface area contributed by atoms with Gasteiger partial charge in [0.2, 0.25) is 0 Å². The van der Waals surface area contributed by atoms with Crippen molar-refractivity contribution in [3.63, 3.8) is 0 Å². The van der Waals surface area contributed by atoms with Crippen LogP contribution in [0.4, 0.5) is 10.7 Å². The van der Waals surface area contributed by atoms with Crippen molar-refractivity contribution in [1.82, 2.24) is 4.37 Å². The standard InChI is InChI=1S/C13H10N4S/c1-9-12(8-15)13(18-17-9)16-11-4-2-10(3-5-11)6-7-14/h2-5,16H,6H2,1H3. The average Bonchev–Trinajstić information content (AvgIpc) is 2.72. The molecule has 0 fully saturated rings. The summed E-state index contributed by atoms with van der Waals surface area (Å²) in [5.41, 5.74) is 3.19. The highest BCUT2D eigenvalue weighted by molar-refractivity contribution is 7.10. The predicted molar refractivity (Wildman–Crippen MR) is 70.6 cm³/mol. The van der Waals surface area contributed by atoms with Crippen LogP contribution < -0.4 is 5.32 Å². The van der Waals surface area contributed by atoms with E-state index in [0.29, 0.717) is 12.0 Å². The van der Waals surface area contributed by atoms with Crippen molar-refractivity contribution in [3.8, 4) is 12.1 Å². The van der Waals surface area contributed by atoms with Crippen LogP contribution in [-0.4, -0.2) is 4.37 Å². The summed E-state index contributed by atoms with van der Waals surface area (Å²) < 4.78 is 4.14. The smallest absolute Gasteiger partial charge is 0.132 e. The number of nitriles is 2. The molecule has 0 saturated carbocycles. The second-order valence-corrected chi connectivity index (χ2v) is 4.51. The van der Waals surface area contributed by atoms with Crippen LogP contribution in [0.25, 0.3) is 0 Å². The van der Waals surface area contributed by atoms with Gasteiger partial charge in [0.25, 0.3) is 0 Å². The molecule has 4 nitrogen and oxygen atoms in total. The third-order valence-corrected chi connectivity index (χ3v) is 3.32. The SMILES string of the molecule is Cc1nsc(Nc2ccc(CC#N)cc2)c1C#N. The van der Waals surface area contributed by atoms with Gasteiger partial charge >= 0.3 is 0 Å². The third kappa shape index (κ3) is 2.48. The molecular formula is C13H10N4S. The van der Waals surface area contributed by atoms with E-state index in [-0.39, 0.29) is 0 Å². The number of rotatable bonds is 3. The van der Waals surface area contributed by atoms with Crippen molar-refractivity contribution < 1.29 is 0 Å². The lowest BCUT2D eigenvalue weighted by molar-refractivity contribution is 1.26. The number of aromatic nitrogens is 1. The van der Waals surface area contributed by atoms with Gasteiger partial charge in [0.1, 0.15) is 16.6 Å². The topological polar surface area (TPSA) is 72.5 Å². The van der Waals surface area contributed by atoms with Crippen LogP contribution in [0.15, 0.2) is 24.3 Å². The van der Waals surface area contributed by atoms with Crippen molar-refractivity contribution in [2.75, 3.05) is 5.32 Å². The van der Waals surface area contributed by atoms with E-state index in [2.05, 4.69) is 21.8 Å². The van der Waals surface area contributed by atoms with Crippen LogP contribution in [0, 0.1) is 29.6 Å². The average molecular weight is 254 g/mol. The number of nitrogens with one attached hydrogen (secondary N) is 1. The number of hydrogen-bond acceptors (Lipinski definition) is 5. The lowest BCUT2D eigenvalue weighted by Crippen LogP contribution is -1.91. The van der Waals surface area contributed by atoms with Crippen molar-refractivity contribution in [3.05, 3.63) is 41.1 Å². The van der Waals surface area contributed by atoms with Crippen molar-refractivity contribution in [2.24, 2.45) is 0 Å². The third-order valence-electron chi connectivity index (χ3n) is 2.47. The largest absolute Gasteiger partial charge is 0.345 e. The zero-order valence-electron chi connectivity index (χ0n) is 9.77. The molecule has 0 aliphatic heterocycles. The van der Waals surface area contributed by atoms with Gasteiger partial charge in [0, 0.05) is 5.69 Å². The molecular weight excluding hydrogens is 244 g/mol. The van der Waals surface area contributed by atoms with Crippen LogP contribution in [0.1, 0.15) is 16.8 Å².